The van der Waals surface area contributed by atoms with Gasteiger partial charge in [0.2, 0.25) is 0 Å². The Morgan fingerprint density at radius 2 is 2.00 bits per heavy atom. The lowest BCUT2D eigenvalue weighted by Gasteiger charge is -2.16. The summed E-state index contributed by atoms with van der Waals surface area (Å²) in [7, 11) is -0.834. The van der Waals surface area contributed by atoms with E-state index in [9.17, 15) is 8.42 Å². The number of hydrogen-bond donors (Lipinski definition) is 1. The van der Waals surface area contributed by atoms with Crippen molar-refractivity contribution in [1.29, 1.82) is 0 Å². The van der Waals surface area contributed by atoms with Crippen molar-refractivity contribution in [2.24, 2.45) is 0 Å². The second-order valence-electron chi connectivity index (χ2n) is 4.27. The van der Waals surface area contributed by atoms with Crippen molar-refractivity contribution in [2.75, 3.05) is 38.2 Å². The second-order valence-corrected chi connectivity index (χ2v) is 6.74. The van der Waals surface area contributed by atoms with Crippen molar-refractivity contribution in [2.45, 2.75) is 25.8 Å². The van der Waals surface area contributed by atoms with Crippen molar-refractivity contribution in [3.05, 3.63) is 0 Å². The van der Waals surface area contributed by atoms with E-state index >= 15 is 0 Å². The SMILES string of the molecule is CCS(=O)(=O)CCN(C)CCNC1CC1. The third-order valence-electron chi connectivity index (χ3n) is 2.73. The lowest BCUT2D eigenvalue weighted by Crippen LogP contribution is -2.33. The Balaban J connectivity index is 2.04. The van der Waals surface area contributed by atoms with Crippen LogP contribution in [-0.4, -0.2) is 57.5 Å². The van der Waals surface area contributed by atoms with Gasteiger partial charge in [-0.2, -0.15) is 0 Å². The number of hydrogen-bond acceptors (Lipinski definition) is 4. The molecule has 1 fully saturated rings. The van der Waals surface area contributed by atoms with Gasteiger partial charge in [-0.15, -0.1) is 0 Å². The Morgan fingerprint density at radius 3 is 2.53 bits per heavy atom. The molecule has 1 rings (SSSR count). The van der Waals surface area contributed by atoms with E-state index in [4.69, 9.17) is 0 Å². The summed E-state index contributed by atoms with van der Waals surface area (Å²) in [6.07, 6.45) is 2.60. The summed E-state index contributed by atoms with van der Waals surface area (Å²) in [5.41, 5.74) is 0. The first-order valence-corrected chi connectivity index (χ1v) is 7.48. The monoisotopic (exact) mass is 234 g/mol. The van der Waals surface area contributed by atoms with E-state index in [1.807, 2.05) is 7.05 Å². The average Bonchev–Trinajstić information content (AvgIpc) is 2.99. The summed E-state index contributed by atoms with van der Waals surface area (Å²) in [4.78, 5) is 2.07. The summed E-state index contributed by atoms with van der Waals surface area (Å²) in [6, 6.07) is 0.734. The van der Waals surface area contributed by atoms with Gasteiger partial charge in [0, 0.05) is 31.4 Å². The van der Waals surface area contributed by atoms with Gasteiger partial charge in [-0.3, -0.25) is 0 Å². The maximum Gasteiger partial charge on any atom is 0.151 e. The van der Waals surface area contributed by atoms with Crippen LogP contribution in [0.3, 0.4) is 0 Å². The zero-order chi connectivity index (χ0) is 11.3. The summed E-state index contributed by atoms with van der Waals surface area (Å²) < 4.78 is 22.5. The van der Waals surface area contributed by atoms with Crippen LogP contribution in [0.4, 0.5) is 0 Å². The van der Waals surface area contributed by atoms with Gasteiger partial charge in [0.15, 0.2) is 9.84 Å². The van der Waals surface area contributed by atoms with E-state index in [0.29, 0.717) is 6.54 Å². The van der Waals surface area contributed by atoms with Crippen LogP contribution in [0.15, 0.2) is 0 Å². The molecule has 0 unspecified atom stereocenters. The molecule has 1 saturated carbocycles. The van der Waals surface area contributed by atoms with Crippen molar-refractivity contribution >= 4 is 9.84 Å². The number of sulfone groups is 1. The smallest absolute Gasteiger partial charge is 0.151 e. The fraction of sp³-hybridized carbons (Fsp3) is 1.00. The first kappa shape index (κ1) is 12.9. The Hall–Kier alpha value is -0.130. The molecule has 0 aromatic carbocycles. The Labute approximate surface area is 93.0 Å². The standard InChI is InChI=1S/C10H22N2O2S/c1-3-15(13,14)9-8-12(2)7-6-11-10-4-5-10/h10-11H,3-9H2,1-2H3. The Bertz CT molecular complexity index is 273. The molecule has 0 aromatic rings. The van der Waals surface area contributed by atoms with Crippen molar-refractivity contribution < 1.29 is 8.42 Å². The van der Waals surface area contributed by atoms with Crippen LogP contribution in [0.1, 0.15) is 19.8 Å². The molecule has 0 aliphatic heterocycles. The van der Waals surface area contributed by atoms with Crippen molar-refractivity contribution in [3.63, 3.8) is 0 Å². The summed E-state index contributed by atoms with van der Waals surface area (Å²) in [6.45, 7) is 4.23. The number of likely N-dealkylation sites (N-methyl/N-ethyl adjacent to an activating group) is 1. The molecular weight excluding hydrogens is 212 g/mol. The summed E-state index contributed by atoms with van der Waals surface area (Å²) in [5, 5.41) is 3.41. The predicted octanol–water partition coefficient (Wildman–Crippen LogP) is 0.105. The van der Waals surface area contributed by atoms with Gasteiger partial charge in [-0.25, -0.2) is 8.42 Å². The predicted molar refractivity (Wildman–Crippen MR) is 62.8 cm³/mol. The molecule has 0 radical (unpaired) electrons. The molecule has 1 aliphatic carbocycles. The number of rotatable bonds is 8. The fourth-order valence-electron chi connectivity index (χ4n) is 1.30. The van der Waals surface area contributed by atoms with Crippen molar-refractivity contribution in [1.82, 2.24) is 10.2 Å². The van der Waals surface area contributed by atoms with E-state index < -0.39 is 9.84 Å². The van der Waals surface area contributed by atoms with E-state index in [1.54, 1.807) is 6.92 Å². The van der Waals surface area contributed by atoms with E-state index in [-0.39, 0.29) is 11.5 Å². The van der Waals surface area contributed by atoms with Crippen molar-refractivity contribution in [3.8, 4) is 0 Å². The highest BCUT2D eigenvalue weighted by Gasteiger charge is 2.19. The highest BCUT2D eigenvalue weighted by Crippen LogP contribution is 2.17. The van der Waals surface area contributed by atoms with Gasteiger partial charge in [0.1, 0.15) is 0 Å². The first-order valence-electron chi connectivity index (χ1n) is 5.66. The van der Waals surface area contributed by atoms with Gasteiger partial charge < -0.3 is 10.2 Å². The van der Waals surface area contributed by atoms with Crippen LogP contribution in [-0.2, 0) is 9.84 Å². The van der Waals surface area contributed by atoms with Crippen LogP contribution >= 0.6 is 0 Å². The third kappa shape index (κ3) is 6.12. The third-order valence-corrected chi connectivity index (χ3v) is 4.41. The highest BCUT2D eigenvalue weighted by atomic mass is 32.2. The maximum atomic E-state index is 11.3. The molecule has 0 bridgehead atoms. The largest absolute Gasteiger partial charge is 0.313 e. The molecular formula is C10H22N2O2S. The molecule has 15 heavy (non-hydrogen) atoms. The lowest BCUT2D eigenvalue weighted by molar-refractivity contribution is 0.349. The van der Waals surface area contributed by atoms with Crippen LogP contribution in [0, 0.1) is 0 Å². The fourth-order valence-corrected chi connectivity index (χ4v) is 2.18. The highest BCUT2D eigenvalue weighted by molar-refractivity contribution is 7.91. The zero-order valence-corrected chi connectivity index (χ0v) is 10.5. The molecule has 0 atom stereocenters. The maximum absolute atomic E-state index is 11.3. The van der Waals surface area contributed by atoms with Crippen LogP contribution < -0.4 is 5.32 Å². The van der Waals surface area contributed by atoms with Gasteiger partial charge in [-0.1, -0.05) is 6.92 Å². The van der Waals surface area contributed by atoms with Gasteiger partial charge in [0.25, 0.3) is 0 Å². The number of nitrogens with one attached hydrogen (secondary N) is 1. The lowest BCUT2D eigenvalue weighted by atomic mass is 10.5. The number of nitrogens with zero attached hydrogens (tertiary/aromatic N) is 1. The zero-order valence-electron chi connectivity index (χ0n) is 9.70. The van der Waals surface area contributed by atoms with Crippen LogP contribution in [0.2, 0.25) is 0 Å². The molecule has 0 amide bonds. The second kappa shape index (κ2) is 5.82. The summed E-state index contributed by atoms with van der Waals surface area (Å²) >= 11 is 0. The normalized spacial score (nSPS) is 17.3. The molecule has 1 N–H and O–H groups in total. The quantitative estimate of drug-likeness (QED) is 0.647. The van der Waals surface area contributed by atoms with Crippen LogP contribution in [0.25, 0.3) is 0 Å². The minimum absolute atomic E-state index is 0.251. The molecule has 0 spiro atoms. The molecule has 5 heteroatoms. The van der Waals surface area contributed by atoms with E-state index in [1.165, 1.54) is 12.8 Å². The molecule has 0 saturated heterocycles. The first-order chi connectivity index (χ1) is 7.03. The minimum atomic E-state index is -2.81. The van der Waals surface area contributed by atoms with Gasteiger partial charge in [-0.05, 0) is 19.9 Å². The molecule has 0 aromatic heterocycles. The molecule has 90 valence electrons. The van der Waals surface area contributed by atoms with E-state index in [0.717, 1.165) is 19.1 Å². The Kier molecular flexibility index (Phi) is 5.02. The minimum Gasteiger partial charge on any atom is -0.313 e. The van der Waals surface area contributed by atoms with E-state index in [2.05, 4.69) is 10.2 Å². The topological polar surface area (TPSA) is 49.4 Å². The van der Waals surface area contributed by atoms with Gasteiger partial charge in [0.05, 0.1) is 5.75 Å². The molecule has 1 aliphatic rings. The molecule has 0 heterocycles. The Morgan fingerprint density at radius 1 is 1.33 bits per heavy atom. The van der Waals surface area contributed by atoms with Gasteiger partial charge >= 0.3 is 0 Å². The van der Waals surface area contributed by atoms with Crippen LogP contribution in [0.5, 0.6) is 0 Å². The summed E-state index contributed by atoms with van der Waals surface area (Å²) in [5.74, 6) is 0.532. The molecule has 4 nitrogen and oxygen atoms in total. The average molecular weight is 234 g/mol.